The van der Waals surface area contributed by atoms with Crippen molar-refractivity contribution in [2.45, 2.75) is 223 Å². The van der Waals surface area contributed by atoms with E-state index in [1.54, 1.807) is 0 Å². The van der Waals surface area contributed by atoms with Gasteiger partial charge in [-0.05, 0) is 39.0 Å². The molecule has 0 unspecified atom stereocenters. The maximum Gasteiger partial charge on any atom is 0.187 e. The number of hydrogen-bond acceptors (Lipinski definition) is 11. The standard InChI is InChI=1S/C41H82NO11/c1-5-6-7-8-9-10-11-12-13-14-15-16-17-18-21-24-27-42(3,4)28-25-22-19-20-23-26-31(2)50-41-39(37(48)35(46)33(30-44)52-41)53-40-38(49)36(47)34(45)32(29-43)51-40/h31-41,43-49H,5-30H2,1-4H3/q+1/t31-,32+,33+,34+,35+,36-,37-,38+,39+,40-,41+/m0/s1. The number of hydrogen-bond donors (Lipinski definition) is 7. The summed E-state index contributed by atoms with van der Waals surface area (Å²) in [6, 6.07) is 0. The van der Waals surface area contributed by atoms with Crippen LogP contribution < -0.4 is 0 Å². The highest BCUT2D eigenvalue weighted by Gasteiger charge is 2.51. The van der Waals surface area contributed by atoms with Crippen molar-refractivity contribution in [2.75, 3.05) is 40.4 Å². The SMILES string of the molecule is CCCCCCCCCCCCCCCCCC[N+](C)(C)CCCCCCC[C@H](C)O[C@@H]1O[C@H](CO)[C@@H](O)[C@H](O)[C@H]1O[C@@H]1O[C@H](CO)[C@@H](O)[C@H](O)[C@H]1O. The molecule has 0 saturated carbocycles. The van der Waals surface area contributed by atoms with Gasteiger partial charge in [-0.25, -0.2) is 0 Å². The fourth-order valence-electron chi connectivity index (χ4n) is 7.64. The first kappa shape index (κ1) is 48.7. The largest absolute Gasteiger partial charge is 0.394 e. The molecule has 0 aromatic rings. The number of quaternary nitrogens is 1. The number of rotatable bonds is 31. The molecule has 2 saturated heterocycles. The summed E-state index contributed by atoms with van der Waals surface area (Å²) in [5.74, 6) is 0. The summed E-state index contributed by atoms with van der Waals surface area (Å²) in [5, 5.41) is 71.2. The molecule has 0 amide bonds. The van der Waals surface area contributed by atoms with Crippen molar-refractivity contribution in [3.8, 4) is 0 Å². The Morgan fingerprint density at radius 2 is 0.906 bits per heavy atom. The van der Waals surface area contributed by atoms with Gasteiger partial charge in [-0.3, -0.25) is 0 Å². The van der Waals surface area contributed by atoms with E-state index in [0.29, 0.717) is 0 Å². The molecule has 2 fully saturated rings. The highest BCUT2D eigenvalue weighted by Crippen LogP contribution is 2.31. The zero-order valence-corrected chi connectivity index (χ0v) is 33.9. The average Bonchev–Trinajstić information content (AvgIpc) is 3.13. The molecule has 2 aliphatic rings. The summed E-state index contributed by atoms with van der Waals surface area (Å²) >= 11 is 0. The van der Waals surface area contributed by atoms with Crippen molar-refractivity contribution >= 4 is 0 Å². The normalized spacial score (nSPS) is 30.2. The molecule has 11 atom stereocenters. The van der Waals surface area contributed by atoms with Gasteiger partial charge in [0.2, 0.25) is 0 Å². The third-order valence-electron chi connectivity index (χ3n) is 11.3. The zero-order chi connectivity index (χ0) is 39.1. The van der Waals surface area contributed by atoms with E-state index in [1.165, 1.54) is 129 Å². The van der Waals surface area contributed by atoms with E-state index in [9.17, 15) is 35.7 Å². The van der Waals surface area contributed by atoms with Gasteiger partial charge in [-0.1, -0.05) is 116 Å². The van der Waals surface area contributed by atoms with Gasteiger partial charge in [0, 0.05) is 0 Å². The highest BCUT2D eigenvalue weighted by atomic mass is 16.8. The van der Waals surface area contributed by atoms with E-state index < -0.39 is 74.6 Å². The van der Waals surface area contributed by atoms with Crippen molar-refractivity contribution in [1.29, 1.82) is 0 Å². The lowest BCUT2D eigenvalue weighted by Crippen LogP contribution is -2.64. The van der Waals surface area contributed by atoms with Crippen LogP contribution >= 0.6 is 0 Å². The summed E-state index contributed by atoms with van der Waals surface area (Å²) in [5.41, 5.74) is 0. The van der Waals surface area contributed by atoms with E-state index in [-0.39, 0.29) is 6.10 Å². The van der Waals surface area contributed by atoms with Crippen LogP contribution in [0.1, 0.15) is 155 Å². The Labute approximate surface area is 321 Å². The van der Waals surface area contributed by atoms with Crippen LogP contribution in [0.3, 0.4) is 0 Å². The minimum atomic E-state index is -1.70. The van der Waals surface area contributed by atoms with E-state index in [2.05, 4.69) is 21.0 Å². The number of nitrogens with zero attached hydrogens (tertiary/aromatic N) is 1. The molecule has 0 bridgehead atoms. The van der Waals surface area contributed by atoms with Crippen molar-refractivity contribution in [1.82, 2.24) is 0 Å². The van der Waals surface area contributed by atoms with E-state index in [0.717, 1.165) is 30.2 Å². The maximum atomic E-state index is 10.8. The molecule has 2 rings (SSSR count). The van der Waals surface area contributed by atoms with Crippen LogP contribution in [0.2, 0.25) is 0 Å². The van der Waals surface area contributed by atoms with Crippen molar-refractivity contribution in [3.63, 3.8) is 0 Å². The molecule has 2 aliphatic heterocycles. The molecule has 0 aliphatic carbocycles. The molecular weight excluding hydrogens is 682 g/mol. The second-order valence-corrected chi connectivity index (χ2v) is 16.7. The summed E-state index contributed by atoms with van der Waals surface area (Å²) in [6.07, 6.45) is 13.8. The molecule has 0 radical (unpaired) electrons. The maximum absolute atomic E-state index is 10.8. The lowest BCUT2D eigenvalue weighted by molar-refractivity contribution is -0.890. The summed E-state index contributed by atoms with van der Waals surface area (Å²) in [7, 11) is 4.70. The van der Waals surface area contributed by atoms with Crippen molar-refractivity contribution in [3.05, 3.63) is 0 Å². The Morgan fingerprint density at radius 1 is 0.509 bits per heavy atom. The first-order chi connectivity index (χ1) is 25.4. The lowest BCUT2D eigenvalue weighted by Gasteiger charge is -2.46. The van der Waals surface area contributed by atoms with Gasteiger partial charge in [0.1, 0.15) is 48.8 Å². The van der Waals surface area contributed by atoms with Gasteiger partial charge < -0.3 is 59.2 Å². The zero-order valence-electron chi connectivity index (χ0n) is 33.9. The monoisotopic (exact) mass is 765 g/mol. The predicted molar refractivity (Wildman–Crippen MR) is 206 cm³/mol. The van der Waals surface area contributed by atoms with Crippen LogP contribution in [0, 0.1) is 0 Å². The number of aliphatic hydroxyl groups is 7. The van der Waals surface area contributed by atoms with Gasteiger partial charge in [0.25, 0.3) is 0 Å². The fraction of sp³-hybridized carbons (Fsp3) is 1.00. The van der Waals surface area contributed by atoms with Crippen LogP contribution in [0.15, 0.2) is 0 Å². The van der Waals surface area contributed by atoms with Gasteiger partial charge in [-0.15, -0.1) is 0 Å². The number of unbranched alkanes of at least 4 members (excludes halogenated alkanes) is 19. The Bertz CT molecular complexity index is 883. The quantitative estimate of drug-likeness (QED) is 0.0385. The van der Waals surface area contributed by atoms with Crippen molar-refractivity contribution < 1.29 is 59.2 Å². The molecular formula is C41H82NO11+. The first-order valence-electron chi connectivity index (χ1n) is 21.5. The fourth-order valence-corrected chi connectivity index (χ4v) is 7.64. The second-order valence-electron chi connectivity index (χ2n) is 16.7. The Kier molecular flexibility index (Phi) is 25.7. The molecule has 0 spiro atoms. The van der Waals surface area contributed by atoms with E-state index >= 15 is 0 Å². The van der Waals surface area contributed by atoms with Gasteiger partial charge >= 0.3 is 0 Å². The Hall–Kier alpha value is -0.480. The van der Waals surface area contributed by atoms with Crippen LogP contribution in [0.25, 0.3) is 0 Å². The first-order valence-corrected chi connectivity index (χ1v) is 21.5. The second kappa shape index (κ2) is 28.0. The number of aliphatic hydroxyl groups excluding tert-OH is 7. The molecule has 12 nitrogen and oxygen atoms in total. The van der Waals surface area contributed by atoms with Gasteiger partial charge in [0.05, 0.1) is 46.5 Å². The van der Waals surface area contributed by atoms with Crippen LogP contribution in [0.4, 0.5) is 0 Å². The average molecular weight is 765 g/mol. The smallest absolute Gasteiger partial charge is 0.187 e. The Balaban J connectivity index is 1.56. The minimum absolute atomic E-state index is 0.307. The predicted octanol–water partition coefficient (Wildman–Crippen LogP) is 4.69. The molecule has 0 aromatic heterocycles. The summed E-state index contributed by atoms with van der Waals surface area (Å²) < 4.78 is 24.1. The number of ether oxygens (including phenoxy) is 4. The van der Waals surface area contributed by atoms with Crippen molar-refractivity contribution in [2.24, 2.45) is 0 Å². The Morgan fingerprint density at radius 3 is 1.36 bits per heavy atom. The van der Waals surface area contributed by atoms with E-state index in [1.807, 2.05) is 6.92 Å². The van der Waals surface area contributed by atoms with Crippen LogP contribution in [0.5, 0.6) is 0 Å². The lowest BCUT2D eigenvalue weighted by atomic mass is 9.97. The molecule has 0 aromatic carbocycles. The van der Waals surface area contributed by atoms with Crippen LogP contribution in [-0.4, -0.2) is 148 Å². The minimum Gasteiger partial charge on any atom is -0.394 e. The summed E-state index contributed by atoms with van der Waals surface area (Å²) in [6.45, 7) is 5.38. The van der Waals surface area contributed by atoms with Gasteiger partial charge in [-0.2, -0.15) is 0 Å². The summed E-state index contributed by atoms with van der Waals surface area (Å²) in [4.78, 5) is 0. The molecule has 7 N–H and O–H groups in total. The third kappa shape index (κ3) is 19.0. The molecule has 316 valence electrons. The molecule has 2 heterocycles. The molecule has 53 heavy (non-hydrogen) atoms. The van der Waals surface area contributed by atoms with Crippen LogP contribution in [-0.2, 0) is 18.9 Å². The third-order valence-corrected chi connectivity index (χ3v) is 11.3. The van der Waals surface area contributed by atoms with E-state index in [4.69, 9.17) is 18.9 Å². The van der Waals surface area contributed by atoms with Gasteiger partial charge in [0.15, 0.2) is 12.6 Å². The molecule has 12 heteroatoms. The topological polar surface area (TPSA) is 179 Å². The highest BCUT2D eigenvalue weighted by molar-refractivity contribution is 4.94.